The number of carbonyl (C=O) groups is 1. The van der Waals surface area contributed by atoms with Crippen molar-refractivity contribution in [3.63, 3.8) is 0 Å². The fourth-order valence-electron chi connectivity index (χ4n) is 2.42. The first-order valence-corrected chi connectivity index (χ1v) is 10.5. The third-order valence-electron chi connectivity index (χ3n) is 4.41. The fraction of sp³-hybridized carbons (Fsp3) is 0.286. The summed E-state index contributed by atoms with van der Waals surface area (Å²) in [5.74, 6) is -1.24. The van der Waals surface area contributed by atoms with Gasteiger partial charge in [0.25, 0.3) is 0 Å². The number of rotatable bonds is 5. The topological polar surface area (TPSA) is 60.3 Å². The summed E-state index contributed by atoms with van der Waals surface area (Å²) in [6.45, 7) is 5.51. The molecule has 0 bridgehead atoms. The van der Waals surface area contributed by atoms with Crippen LogP contribution in [0.1, 0.15) is 26.5 Å². The van der Waals surface area contributed by atoms with Crippen LogP contribution < -0.4 is 0 Å². The highest BCUT2D eigenvalue weighted by Crippen LogP contribution is 2.31. The van der Waals surface area contributed by atoms with Gasteiger partial charge in [-0.05, 0) is 51.1 Å². The first-order chi connectivity index (χ1) is 14.5. The molecule has 31 heavy (non-hydrogen) atoms. The smallest absolute Gasteiger partial charge is 0.410 e. The number of nitrogens with zero attached hydrogens (tertiary/aromatic N) is 4. The van der Waals surface area contributed by atoms with Crippen LogP contribution in [0, 0.1) is 11.6 Å². The molecule has 2 aromatic heterocycles. The summed E-state index contributed by atoms with van der Waals surface area (Å²) in [4.78, 5) is 18.5. The van der Waals surface area contributed by atoms with Crippen molar-refractivity contribution in [2.75, 3.05) is 7.05 Å². The Labute approximate surface area is 188 Å². The summed E-state index contributed by atoms with van der Waals surface area (Å²) in [5.41, 5.74) is -0.0958. The van der Waals surface area contributed by atoms with Gasteiger partial charge in [0.05, 0.1) is 0 Å². The van der Waals surface area contributed by atoms with E-state index in [9.17, 15) is 13.6 Å². The number of carbonyl (C=O) groups excluding carboxylic acids is 1. The lowest BCUT2D eigenvalue weighted by atomic mass is 10.1. The number of halogens is 3. The minimum absolute atomic E-state index is 0.0613. The van der Waals surface area contributed by atoms with Crippen LogP contribution in [0.4, 0.5) is 13.6 Å². The van der Waals surface area contributed by atoms with Crippen molar-refractivity contribution in [3.05, 3.63) is 65.1 Å². The van der Waals surface area contributed by atoms with Crippen LogP contribution in [0.15, 0.2) is 52.5 Å². The molecule has 0 saturated carbocycles. The first kappa shape index (κ1) is 23.0. The van der Waals surface area contributed by atoms with Gasteiger partial charge in [0.2, 0.25) is 0 Å². The van der Waals surface area contributed by atoms with E-state index >= 15 is 0 Å². The van der Waals surface area contributed by atoms with Crippen molar-refractivity contribution in [1.29, 1.82) is 0 Å². The number of pyridine rings is 1. The maximum Gasteiger partial charge on any atom is 0.410 e. The highest BCUT2D eigenvalue weighted by Gasteiger charge is 2.24. The normalized spacial score (nSPS) is 11.5. The van der Waals surface area contributed by atoms with Crippen molar-refractivity contribution in [2.24, 2.45) is 0 Å². The highest BCUT2D eigenvalue weighted by molar-refractivity contribution is 7.99. The summed E-state index contributed by atoms with van der Waals surface area (Å²) < 4.78 is 34.8. The zero-order valence-electron chi connectivity index (χ0n) is 17.4. The number of ether oxygens (including phenoxy) is 1. The van der Waals surface area contributed by atoms with Gasteiger partial charge in [0.1, 0.15) is 39.8 Å². The predicted molar refractivity (Wildman–Crippen MR) is 115 cm³/mol. The number of aromatic nitrogens is 3. The second-order valence-corrected chi connectivity index (χ2v) is 9.17. The summed E-state index contributed by atoms with van der Waals surface area (Å²) >= 11 is 7.07. The molecule has 164 valence electrons. The molecule has 1 aromatic carbocycles. The Morgan fingerprint density at radius 3 is 2.61 bits per heavy atom. The molecule has 0 unspecified atom stereocenters. The second kappa shape index (κ2) is 9.23. The Kier molecular flexibility index (Phi) is 6.86. The molecule has 0 fully saturated rings. The number of amides is 1. The Balaban J connectivity index is 1.91. The van der Waals surface area contributed by atoms with Gasteiger partial charge in [0, 0.05) is 29.7 Å². The Morgan fingerprint density at radius 2 is 1.97 bits per heavy atom. The molecule has 0 atom stereocenters. The van der Waals surface area contributed by atoms with E-state index in [1.54, 1.807) is 31.4 Å². The molecule has 10 heteroatoms. The fourth-order valence-corrected chi connectivity index (χ4v) is 3.44. The van der Waals surface area contributed by atoms with Gasteiger partial charge in [-0.3, -0.25) is 0 Å². The minimum Gasteiger partial charge on any atom is -0.443 e. The van der Waals surface area contributed by atoms with E-state index in [0.29, 0.717) is 15.9 Å². The molecule has 0 aliphatic heterocycles. The lowest BCUT2D eigenvalue weighted by Crippen LogP contribution is -2.42. The number of benzene rings is 1. The first-order valence-electron chi connectivity index (χ1n) is 9.29. The zero-order valence-corrected chi connectivity index (χ0v) is 19.0. The van der Waals surface area contributed by atoms with Gasteiger partial charge < -0.3 is 9.64 Å². The average molecular weight is 467 g/mol. The maximum atomic E-state index is 14.4. The molecule has 0 spiro atoms. The quantitative estimate of drug-likeness (QED) is 0.450. The molecular formula is C21H21ClF2N4O2S. The number of hydrogen-bond acceptors (Lipinski definition) is 5. The molecule has 3 aromatic rings. The molecule has 0 saturated heterocycles. The summed E-state index contributed by atoms with van der Waals surface area (Å²) in [6.07, 6.45) is 1.04. The van der Waals surface area contributed by atoms with Crippen molar-refractivity contribution in [3.8, 4) is 5.69 Å². The van der Waals surface area contributed by atoms with Gasteiger partial charge in [-0.25, -0.2) is 23.2 Å². The van der Waals surface area contributed by atoms with Crippen LogP contribution >= 0.6 is 23.4 Å². The Morgan fingerprint density at radius 1 is 1.23 bits per heavy atom. The summed E-state index contributed by atoms with van der Waals surface area (Å²) in [6, 6.07) is 8.13. The van der Waals surface area contributed by atoms with Crippen molar-refractivity contribution in [2.45, 2.75) is 42.8 Å². The zero-order chi connectivity index (χ0) is 22.8. The predicted octanol–water partition coefficient (Wildman–Crippen LogP) is 5.72. The monoisotopic (exact) mass is 466 g/mol. The van der Waals surface area contributed by atoms with Crippen molar-refractivity contribution >= 4 is 29.5 Å². The summed E-state index contributed by atoms with van der Waals surface area (Å²) in [5, 5.41) is 5.16. The molecular weight excluding hydrogens is 446 g/mol. The van der Waals surface area contributed by atoms with Gasteiger partial charge in [0.15, 0.2) is 0 Å². The second-order valence-electron chi connectivity index (χ2n) is 7.68. The van der Waals surface area contributed by atoms with Crippen LogP contribution in [-0.4, -0.2) is 38.3 Å². The van der Waals surface area contributed by atoms with Gasteiger partial charge in [-0.2, -0.15) is 5.10 Å². The highest BCUT2D eigenvalue weighted by atomic mass is 35.5. The van der Waals surface area contributed by atoms with E-state index < -0.39 is 23.3 Å². The van der Waals surface area contributed by atoms with Gasteiger partial charge in [-0.15, -0.1) is 0 Å². The largest absolute Gasteiger partial charge is 0.443 e. The third-order valence-corrected chi connectivity index (χ3v) is 5.61. The molecule has 3 rings (SSSR count). The van der Waals surface area contributed by atoms with E-state index in [4.69, 9.17) is 16.3 Å². The van der Waals surface area contributed by atoms with Crippen LogP contribution in [-0.2, 0) is 11.3 Å². The molecule has 0 aliphatic carbocycles. The minimum atomic E-state index is -0.642. The average Bonchev–Trinajstić information content (AvgIpc) is 3.11. The van der Waals surface area contributed by atoms with Crippen LogP contribution in [0.5, 0.6) is 0 Å². The van der Waals surface area contributed by atoms with E-state index in [0.717, 1.165) is 23.1 Å². The molecule has 0 radical (unpaired) electrons. The lowest BCUT2D eigenvalue weighted by molar-refractivity contribution is 0.0749. The van der Waals surface area contributed by atoms with E-state index in [1.165, 1.54) is 21.3 Å². The third kappa shape index (κ3) is 5.74. The standard InChI is InChI=1S/C21H21ClF2N4O2S/c1-21(2,3)27(4)20(29)30-12-14-10-19(31-15-6-8-18(22)25-11-15)28(26-14)17-9-13(23)5-7-16(17)24/h5-11H,12H2,1-4H3. The maximum absolute atomic E-state index is 14.4. The molecule has 1 amide bonds. The van der Waals surface area contributed by atoms with Gasteiger partial charge >= 0.3 is 6.09 Å². The van der Waals surface area contributed by atoms with Crippen LogP contribution in [0.3, 0.4) is 0 Å². The molecule has 0 aliphatic rings. The van der Waals surface area contributed by atoms with E-state index in [1.807, 2.05) is 20.8 Å². The Hall–Kier alpha value is -2.65. The lowest BCUT2D eigenvalue weighted by Gasteiger charge is -2.30. The van der Waals surface area contributed by atoms with Crippen LogP contribution in [0.25, 0.3) is 5.69 Å². The Bertz CT molecular complexity index is 1080. The molecule has 0 N–H and O–H groups in total. The summed E-state index contributed by atoms with van der Waals surface area (Å²) in [7, 11) is 1.64. The number of hydrogen-bond donors (Lipinski definition) is 0. The van der Waals surface area contributed by atoms with Crippen LogP contribution in [0.2, 0.25) is 5.15 Å². The van der Waals surface area contributed by atoms with E-state index in [2.05, 4.69) is 10.1 Å². The van der Waals surface area contributed by atoms with Crippen molar-refractivity contribution in [1.82, 2.24) is 19.7 Å². The van der Waals surface area contributed by atoms with Gasteiger partial charge in [-0.1, -0.05) is 23.4 Å². The van der Waals surface area contributed by atoms with E-state index in [-0.39, 0.29) is 12.3 Å². The SMILES string of the molecule is CN(C(=O)OCc1cc(Sc2ccc(Cl)nc2)n(-c2cc(F)ccc2F)n1)C(C)(C)C. The van der Waals surface area contributed by atoms with Crippen molar-refractivity contribution < 1.29 is 18.3 Å². The molecule has 2 heterocycles. The molecule has 6 nitrogen and oxygen atoms in total.